The highest BCUT2D eigenvalue weighted by molar-refractivity contribution is 7.88. The number of aromatic nitrogens is 3. The number of nitrogens with one attached hydrogen (secondary N) is 1. The van der Waals surface area contributed by atoms with Gasteiger partial charge in [-0.15, -0.1) is 0 Å². The largest absolute Gasteiger partial charge is 0.265 e. The summed E-state index contributed by atoms with van der Waals surface area (Å²) in [4.78, 5) is 4.05. The van der Waals surface area contributed by atoms with Gasteiger partial charge in [-0.25, -0.2) is 21.9 Å². The fraction of sp³-hybridized carbons (Fsp3) is 0.333. The Labute approximate surface area is 174 Å². The van der Waals surface area contributed by atoms with E-state index in [-0.39, 0.29) is 18.2 Å². The molecule has 3 aromatic rings. The van der Waals surface area contributed by atoms with Gasteiger partial charge in [-0.3, -0.25) is 9.67 Å². The van der Waals surface area contributed by atoms with Gasteiger partial charge < -0.3 is 0 Å². The third-order valence-corrected chi connectivity index (χ3v) is 6.53. The van der Waals surface area contributed by atoms with Crippen molar-refractivity contribution in [2.24, 2.45) is 0 Å². The zero-order chi connectivity index (χ0) is 21.1. The van der Waals surface area contributed by atoms with Gasteiger partial charge in [-0.1, -0.05) is 12.8 Å². The Bertz CT molecular complexity index is 1130. The van der Waals surface area contributed by atoms with Crippen molar-refractivity contribution in [2.75, 3.05) is 0 Å². The monoisotopic (exact) mass is 432 g/mol. The number of hydrogen-bond acceptors (Lipinski definition) is 4. The molecule has 30 heavy (non-hydrogen) atoms. The molecule has 158 valence electrons. The SMILES string of the molecule is O=S(=O)(Cc1cc(F)ccc1F)NCc1cc(-c2ccncc2)n(C2CCCC2)n1. The average Bonchev–Trinajstić information content (AvgIpc) is 3.39. The highest BCUT2D eigenvalue weighted by Gasteiger charge is 2.23. The zero-order valence-electron chi connectivity index (χ0n) is 16.3. The summed E-state index contributed by atoms with van der Waals surface area (Å²) in [6.45, 7) is -0.0307. The van der Waals surface area contributed by atoms with E-state index >= 15 is 0 Å². The summed E-state index contributed by atoms with van der Waals surface area (Å²) in [5, 5.41) is 4.65. The number of halogens is 2. The zero-order valence-corrected chi connectivity index (χ0v) is 17.1. The number of benzene rings is 1. The van der Waals surface area contributed by atoms with E-state index in [4.69, 9.17) is 0 Å². The molecule has 0 aliphatic heterocycles. The van der Waals surface area contributed by atoms with Crippen LogP contribution in [0.25, 0.3) is 11.3 Å². The van der Waals surface area contributed by atoms with Crippen molar-refractivity contribution in [3.05, 3.63) is 71.7 Å². The third kappa shape index (κ3) is 4.73. The normalized spacial score (nSPS) is 15.0. The standard InChI is InChI=1S/C21H22F2N4O2S/c22-17-5-6-20(23)16(11-17)14-30(28,29)25-13-18-12-21(15-7-9-24-10-8-15)27(26-18)19-3-1-2-4-19/h5-12,19,25H,1-4,13-14H2. The summed E-state index contributed by atoms with van der Waals surface area (Å²) in [5.41, 5.74) is 2.23. The van der Waals surface area contributed by atoms with Gasteiger partial charge in [-0.05, 0) is 49.2 Å². The number of hydrogen-bond donors (Lipinski definition) is 1. The topological polar surface area (TPSA) is 76.9 Å². The molecule has 1 N–H and O–H groups in total. The van der Waals surface area contributed by atoms with E-state index in [0.717, 1.165) is 55.1 Å². The lowest BCUT2D eigenvalue weighted by Crippen LogP contribution is -2.25. The minimum atomic E-state index is -3.88. The summed E-state index contributed by atoms with van der Waals surface area (Å²) in [6.07, 6.45) is 7.75. The Hall–Kier alpha value is -2.65. The molecule has 6 nitrogen and oxygen atoms in total. The quantitative estimate of drug-likeness (QED) is 0.613. The van der Waals surface area contributed by atoms with Crippen molar-refractivity contribution >= 4 is 10.0 Å². The van der Waals surface area contributed by atoms with Gasteiger partial charge >= 0.3 is 0 Å². The van der Waals surface area contributed by atoms with Crippen LogP contribution in [-0.4, -0.2) is 23.2 Å². The first-order valence-corrected chi connectivity index (χ1v) is 11.5. The molecule has 9 heteroatoms. The van der Waals surface area contributed by atoms with Gasteiger partial charge in [0, 0.05) is 23.5 Å². The maximum Gasteiger partial charge on any atom is 0.216 e. The summed E-state index contributed by atoms with van der Waals surface area (Å²) in [7, 11) is -3.88. The molecule has 0 atom stereocenters. The van der Waals surface area contributed by atoms with Crippen LogP contribution in [0.1, 0.15) is 43.0 Å². The van der Waals surface area contributed by atoms with Gasteiger partial charge in [0.15, 0.2) is 0 Å². The maximum atomic E-state index is 13.8. The Morgan fingerprint density at radius 3 is 2.53 bits per heavy atom. The molecule has 4 rings (SSSR count). The fourth-order valence-corrected chi connectivity index (χ4v) is 4.89. The summed E-state index contributed by atoms with van der Waals surface area (Å²) in [5.74, 6) is -2.08. The first-order valence-electron chi connectivity index (χ1n) is 9.81. The van der Waals surface area contributed by atoms with Gasteiger partial charge in [0.05, 0.1) is 29.7 Å². The Balaban J connectivity index is 1.53. The molecule has 0 radical (unpaired) electrons. The average molecular weight is 432 g/mol. The second-order valence-electron chi connectivity index (χ2n) is 7.46. The Kier molecular flexibility index (Phi) is 5.92. The van der Waals surface area contributed by atoms with Crippen LogP contribution in [0.3, 0.4) is 0 Å². The van der Waals surface area contributed by atoms with Crippen LogP contribution in [-0.2, 0) is 22.3 Å². The van der Waals surface area contributed by atoms with Crippen LogP contribution >= 0.6 is 0 Å². The van der Waals surface area contributed by atoms with Crippen molar-refractivity contribution in [3.8, 4) is 11.3 Å². The minimum absolute atomic E-state index is 0.0307. The van der Waals surface area contributed by atoms with Crippen LogP contribution < -0.4 is 4.72 Å². The van der Waals surface area contributed by atoms with Crippen LogP contribution in [0, 0.1) is 11.6 Å². The van der Waals surface area contributed by atoms with Crippen molar-refractivity contribution in [1.82, 2.24) is 19.5 Å². The molecule has 1 aliphatic carbocycles. The maximum absolute atomic E-state index is 13.8. The molecule has 1 aliphatic rings. The van der Waals surface area contributed by atoms with Crippen LogP contribution in [0.15, 0.2) is 48.8 Å². The molecule has 1 fully saturated rings. The number of nitrogens with zero attached hydrogens (tertiary/aromatic N) is 3. The molecule has 1 saturated carbocycles. The summed E-state index contributed by atoms with van der Waals surface area (Å²) < 4.78 is 56.4. The lowest BCUT2D eigenvalue weighted by atomic mass is 10.1. The molecule has 0 bridgehead atoms. The predicted molar refractivity (Wildman–Crippen MR) is 109 cm³/mol. The molecule has 0 spiro atoms. The number of pyridine rings is 1. The molecule has 0 saturated heterocycles. The van der Waals surface area contributed by atoms with E-state index in [2.05, 4.69) is 14.8 Å². The first kappa shape index (κ1) is 20.6. The lowest BCUT2D eigenvalue weighted by Gasteiger charge is -2.14. The minimum Gasteiger partial charge on any atom is -0.265 e. The summed E-state index contributed by atoms with van der Waals surface area (Å²) in [6, 6.07) is 8.69. The Morgan fingerprint density at radius 1 is 1.07 bits per heavy atom. The molecule has 2 heterocycles. The van der Waals surface area contributed by atoms with Crippen molar-refractivity contribution < 1.29 is 17.2 Å². The highest BCUT2D eigenvalue weighted by atomic mass is 32.2. The third-order valence-electron chi connectivity index (χ3n) is 5.26. The lowest BCUT2D eigenvalue weighted by molar-refractivity contribution is 0.467. The van der Waals surface area contributed by atoms with Gasteiger partial charge in [-0.2, -0.15) is 5.10 Å². The van der Waals surface area contributed by atoms with Crippen molar-refractivity contribution in [2.45, 2.75) is 44.0 Å². The van der Waals surface area contributed by atoms with E-state index in [1.165, 1.54) is 0 Å². The molecular weight excluding hydrogens is 410 g/mol. The Morgan fingerprint density at radius 2 is 1.80 bits per heavy atom. The van der Waals surface area contributed by atoms with Crippen molar-refractivity contribution in [3.63, 3.8) is 0 Å². The molecule has 0 unspecified atom stereocenters. The van der Waals surface area contributed by atoms with Gasteiger partial charge in [0.25, 0.3) is 0 Å². The van der Waals surface area contributed by atoms with Crippen LogP contribution in [0.5, 0.6) is 0 Å². The second kappa shape index (κ2) is 8.61. The van der Waals surface area contributed by atoms with Crippen LogP contribution in [0.4, 0.5) is 8.78 Å². The van der Waals surface area contributed by atoms with E-state index in [9.17, 15) is 17.2 Å². The van der Waals surface area contributed by atoms with E-state index in [1.54, 1.807) is 12.4 Å². The van der Waals surface area contributed by atoms with E-state index < -0.39 is 27.4 Å². The molecule has 1 aromatic carbocycles. The van der Waals surface area contributed by atoms with E-state index in [0.29, 0.717) is 5.69 Å². The molecular formula is C21H22F2N4O2S. The second-order valence-corrected chi connectivity index (χ2v) is 9.26. The number of sulfonamides is 1. The molecule has 0 amide bonds. The van der Waals surface area contributed by atoms with E-state index in [1.807, 2.05) is 22.9 Å². The smallest absolute Gasteiger partial charge is 0.216 e. The fourth-order valence-electron chi connectivity index (χ4n) is 3.79. The number of rotatable bonds is 7. The summed E-state index contributed by atoms with van der Waals surface area (Å²) >= 11 is 0. The predicted octanol–water partition coefficient (Wildman–Crippen LogP) is 3.96. The van der Waals surface area contributed by atoms with Crippen LogP contribution in [0.2, 0.25) is 0 Å². The highest BCUT2D eigenvalue weighted by Crippen LogP contribution is 2.33. The van der Waals surface area contributed by atoms with Gasteiger partial charge in [0.1, 0.15) is 11.6 Å². The first-order chi connectivity index (χ1) is 14.4. The van der Waals surface area contributed by atoms with Gasteiger partial charge in [0.2, 0.25) is 10.0 Å². The van der Waals surface area contributed by atoms with Crippen molar-refractivity contribution in [1.29, 1.82) is 0 Å². The molecule has 2 aromatic heterocycles.